The molecule has 0 aliphatic carbocycles. The minimum atomic E-state index is 0.148. The predicted molar refractivity (Wildman–Crippen MR) is 89.8 cm³/mol. The molecule has 0 saturated heterocycles. The molecule has 0 aliphatic rings. The zero-order valence-corrected chi connectivity index (χ0v) is 14.3. The van der Waals surface area contributed by atoms with Crippen LogP contribution in [0.3, 0.4) is 0 Å². The first-order valence-corrected chi connectivity index (χ1v) is 8.62. The van der Waals surface area contributed by atoms with Crippen LogP contribution < -0.4 is 5.32 Å². The first kappa shape index (κ1) is 16.0. The smallest absolute Gasteiger partial charge is 0.206 e. The molecule has 1 aromatic carbocycles. The van der Waals surface area contributed by atoms with Crippen molar-refractivity contribution >= 4 is 34.0 Å². The molecule has 1 heterocycles. The van der Waals surface area contributed by atoms with Crippen LogP contribution in [0.15, 0.2) is 16.5 Å². The topological polar surface area (TPSA) is 54.9 Å². The van der Waals surface area contributed by atoms with Crippen LogP contribution in [-0.4, -0.2) is 28.3 Å². The number of aromatic nitrogens is 2. The van der Waals surface area contributed by atoms with Gasteiger partial charge in [0, 0.05) is 12.1 Å². The summed E-state index contributed by atoms with van der Waals surface area (Å²) in [5.74, 6) is 0.543. The fourth-order valence-corrected chi connectivity index (χ4v) is 4.00. The standard InChI is InChI=1S/C15H19N3OS2/c1-5-16-14-17-18-15(21-14)20-8-12(19)13-10(3)6-9(2)7-11(13)4/h6-7H,5,8H2,1-4H3,(H,16,17). The number of hydrogen-bond acceptors (Lipinski definition) is 6. The lowest BCUT2D eigenvalue weighted by molar-refractivity contribution is 0.102. The minimum absolute atomic E-state index is 0.148. The molecule has 0 atom stereocenters. The van der Waals surface area contributed by atoms with E-state index in [1.54, 1.807) is 0 Å². The number of Topliss-reactive ketones (excluding diaryl/α,β-unsaturated/α-hetero) is 1. The number of carbonyl (C=O) groups is 1. The van der Waals surface area contributed by atoms with Gasteiger partial charge in [-0.2, -0.15) is 0 Å². The van der Waals surface area contributed by atoms with Crippen molar-refractivity contribution in [3.8, 4) is 0 Å². The summed E-state index contributed by atoms with van der Waals surface area (Å²) in [5, 5.41) is 12.0. The Morgan fingerprint density at radius 3 is 2.52 bits per heavy atom. The minimum Gasteiger partial charge on any atom is -0.360 e. The van der Waals surface area contributed by atoms with Gasteiger partial charge in [0.25, 0.3) is 0 Å². The van der Waals surface area contributed by atoms with Gasteiger partial charge in [-0.15, -0.1) is 10.2 Å². The predicted octanol–water partition coefficient (Wildman–Crippen LogP) is 3.87. The van der Waals surface area contributed by atoms with E-state index in [2.05, 4.69) is 27.6 Å². The molecule has 1 N–H and O–H groups in total. The number of benzene rings is 1. The number of carbonyl (C=O) groups excluding carboxylic acids is 1. The van der Waals surface area contributed by atoms with Gasteiger partial charge in [0.05, 0.1) is 5.75 Å². The first-order chi connectivity index (χ1) is 10.0. The highest BCUT2D eigenvalue weighted by Gasteiger charge is 2.14. The van der Waals surface area contributed by atoms with Gasteiger partial charge in [0.1, 0.15) is 0 Å². The molecule has 6 heteroatoms. The Hall–Kier alpha value is -1.40. The Bertz CT molecular complexity index is 629. The summed E-state index contributed by atoms with van der Waals surface area (Å²) in [6.45, 7) is 8.87. The molecule has 4 nitrogen and oxygen atoms in total. The van der Waals surface area contributed by atoms with E-state index in [0.717, 1.165) is 32.7 Å². The lowest BCUT2D eigenvalue weighted by Crippen LogP contribution is -2.07. The molecule has 112 valence electrons. The van der Waals surface area contributed by atoms with E-state index >= 15 is 0 Å². The van der Waals surface area contributed by atoms with Crippen LogP contribution >= 0.6 is 23.1 Å². The van der Waals surface area contributed by atoms with Gasteiger partial charge in [-0.25, -0.2) is 0 Å². The quantitative estimate of drug-likeness (QED) is 0.646. The van der Waals surface area contributed by atoms with Crippen LogP contribution in [0, 0.1) is 20.8 Å². The Morgan fingerprint density at radius 1 is 1.24 bits per heavy atom. The highest BCUT2D eigenvalue weighted by molar-refractivity contribution is 8.01. The second-order valence-electron chi connectivity index (χ2n) is 4.89. The summed E-state index contributed by atoms with van der Waals surface area (Å²) in [6, 6.07) is 4.11. The second kappa shape index (κ2) is 7.04. The largest absolute Gasteiger partial charge is 0.360 e. The Morgan fingerprint density at radius 2 is 1.90 bits per heavy atom. The van der Waals surface area contributed by atoms with Crippen LogP contribution in [0.1, 0.15) is 34.0 Å². The maximum atomic E-state index is 12.4. The number of nitrogens with one attached hydrogen (secondary N) is 1. The third-order valence-electron chi connectivity index (χ3n) is 3.02. The third-order valence-corrected chi connectivity index (χ3v) is 5.03. The molecule has 0 spiro atoms. The van der Waals surface area contributed by atoms with Crippen LogP contribution in [0.25, 0.3) is 0 Å². The van der Waals surface area contributed by atoms with Crippen LogP contribution in [-0.2, 0) is 0 Å². The number of rotatable bonds is 6. The van der Waals surface area contributed by atoms with Gasteiger partial charge in [0.2, 0.25) is 5.13 Å². The van der Waals surface area contributed by atoms with E-state index in [4.69, 9.17) is 0 Å². The number of thioether (sulfide) groups is 1. The van der Waals surface area contributed by atoms with E-state index < -0.39 is 0 Å². The summed E-state index contributed by atoms with van der Waals surface area (Å²) >= 11 is 2.93. The van der Waals surface area contributed by atoms with E-state index in [9.17, 15) is 4.79 Å². The molecule has 0 unspecified atom stereocenters. The molecular formula is C15H19N3OS2. The second-order valence-corrected chi connectivity index (χ2v) is 7.09. The number of ketones is 1. The van der Waals surface area contributed by atoms with Crippen molar-refractivity contribution < 1.29 is 4.79 Å². The van der Waals surface area contributed by atoms with Crippen molar-refractivity contribution in [3.63, 3.8) is 0 Å². The molecule has 0 fully saturated rings. The summed E-state index contributed by atoms with van der Waals surface area (Å²) in [7, 11) is 0. The molecule has 0 aliphatic heterocycles. The fourth-order valence-electron chi connectivity index (χ4n) is 2.31. The first-order valence-electron chi connectivity index (χ1n) is 6.82. The van der Waals surface area contributed by atoms with Crippen molar-refractivity contribution in [1.82, 2.24) is 10.2 Å². The average Bonchev–Trinajstić information content (AvgIpc) is 2.83. The Kier molecular flexibility index (Phi) is 5.36. The van der Waals surface area contributed by atoms with Gasteiger partial charge >= 0.3 is 0 Å². The van der Waals surface area contributed by atoms with Gasteiger partial charge in [-0.3, -0.25) is 4.79 Å². The summed E-state index contributed by atoms with van der Waals surface area (Å²) in [5.41, 5.74) is 4.12. The van der Waals surface area contributed by atoms with Gasteiger partial charge in [0.15, 0.2) is 10.1 Å². The number of aryl methyl sites for hydroxylation is 3. The SMILES string of the molecule is CCNc1nnc(SCC(=O)c2c(C)cc(C)cc2C)s1. The zero-order chi connectivity index (χ0) is 15.4. The van der Waals surface area contributed by atoms with E-state index in [0.29, 0.717) is 5.75 Å². The molecule has 0 amide bonds. The maximum Gasteiger partial charge on any atom is 0.206 e. The van der Waals surface area contributed by atoms with Crippen LogP contribution in [0.2, 0.25) is 0 Å². The van der Waals surface area contributed by atoms with Gasteiger partial charge in [-0.05, 0) is 38.8 Å². The normalized spacial score (nSPS) is 10.7. The Balaban J connectivity index is 2.04. The number of hydrogen-bond donors (Lipinski definition) is 1. The Labute approximate surface area is 133 Å². The summed E-state index contributed by atoms with van der Waals surface area (Å²) in [4.78, 5) is 12.4. The maximum absolute atomic E-state index is 12.4. The lowest BCUT2D eigenvalue weighted by Gasteiger charge is -2.09. The van der Waals surface area contributed by atoms with Gasteiger partial charge in [-0.1, -0.05) is 40.8 Å². The number of nitrogens with zero attached hydrogens (tertiary/aromatic N) is 2. The molecule has 2 rings (SSSR count). The van der Waals surface area contributed by atoms with Gasteiger partial charge < -0.3 is 5.32 Å². The average molecular weight is 321 g/mol. The van der Waals surface area contributed by atoms with E-state index in [1.807, 2.05) is 27.7 Å². The highest BCUT2D eigenvalue weighted by Crippen LogP contribution is 2.27. The molecule has 1 aromatic heterocycles. The zero-order valence-electron chi connectivity index (χ0n) is 12.7. The molecule has 2 aromatic rings. The van der Waals surface area contributed by atoms with Crippen LogP contribution in [0.4, 0.5) is 5.13 Å². The molecular weight excluding hydrogens is 302 g/mol. The molecule has 0 bridgehead atoms. The van der Waals surface area contributed by atoms with E-state index in [1.165, 1.54) is 28.7 Å². The van der Waals surface area contributed by atoms with Crippen LogP contribution in [0.5, 0.6) is 0 Å². The molecule has 21 heavy (non-hydrogen) atoms. The highest BCUT2D eigenvalue weighted by atomic mass is 32.2. The van der Waals surface area contributed by atoms with Crippen molar-refractivity contribution in [2.24, 2.45) is 0 Å². The molecule has 0 saturated carbocycles. The summed E-state index contributed by atoms with van der Waals surface area (Å²) < 4.78 is 0.821. The molecule has 0 radical (unpaired) electrons. The van der Waals surface area contributed by atoms with Crippen molar-refractivity contribution in [1.29, 1.82) is 0 Å². The van der Waals surface area contributed by atoms with E-state index in [-0.39, 0.29) is 5.78 Å². The van der Waals surface area contributed by atoms with Crippen molar-refractivity contribution in [3.05, 3.63) is 34.4 Å². The van der Waals surface area contributed by atoms with Crippen molar-refractivity contribution in [2.45, 2.75) is 32.0 Å². The third kappa shape index (κ3) is 4.04. The monoisotopic (exact) mass is 321 g/mol. The fraction of sp³-hybridized carbons (Fsp3) is 0.400. The summed E-state index contributed by atoms with van der Waals surface area (Å²) in [6.07, 6.45) is 0. The number of anilines is 1. The lowest BCUT2D eigenvalue weighted by atomic mass is 9.97. The van der Waals surface area contributed by atoms with Crippen molar-refractivity contribution in [2.75, 3.05) is 17.6 Å².